The molecule has 0 fully saturated rings. The molecule has 1 amide bonds. The Morgan fingerprint density at radius 1 is 1.24 bits per heavy atom. The van der Waals surface area contributed by atoms with E-state index in [1.807, 2.05) is 45.0 Å². The fourth-order valence-electron chi connectivity index (χ4n) is 1.62. The molecule has 0 radical (unpaired) electrons. The molecule has 0 heterocycles. The van der Waals surface area contributed by atoms with Gasteiger partial charge >= 0.3 is 0 Å². The number of hydrogen-bond donors (Lipinski definition) is 3. The summed E-state index contributed by atoms with van der Waals surface area (Å²) in [5.74, 6) is 0.533. The van der Waals surface area contributed by atoms with Crippen molar-refractivity contribution >= 4 is 18.3 Å². The van der Waals surface area contributed by atoms with Gasteiger partial charge in [-0.15, -0.1) is 12.4 Å². The Kier molecular flexibility index (Phi) is 9.01. The zero-order chi connectivity index (χ0) is 15.0. The molecule has 1 aromatic carbocycles. The van der Waals surface area contributed by atoms with E-state index in [-0.39, 0.29) is 37.1 Å². The smallest absolute Gasteiger partial charge is 0.258 e. The average molecular weight is 317 g/mol. The van der Waals surface area contributed by atoms with Gasteiger partial charge in [-0.2, -0.15) is 0 Å². The normalized spacial score (nSPS) is 10.7. The van der Waals surface area contributed by atoms with Crippen LogP contribution >= 0.6 is 12.4 Å². The highest BCUT2D eigenvalue weighted by Crippen LogP contribution is 2.12. The summed E-state index contributed by atoms with van der Waals surface area (Å²) >= 11 is 0. The number of hydrogen-bond acceptors (Lipinski definition) is 4. The molecule has 1 aromatic rings. The molecule has 0 aliphatic carbocycles. The van der Waals surface area contributed by atoms with Gasteiger partial charge in [0, 0.05) is 18.6 Å². The van der Waals surface area contributed by atoms with E-state index in [4.69, 9.17) is 9.84 Å². The van der Waals surface area contributed by atoms with E-state index in [2.05, 4.69) is 10.6 Å². The Balaban J connectivity index is 0.00000400. The van der Waals surface area contributed by atoms with Crippen LogP contribution in [0.2, 0.25) is 0 Å². The number of rotatable bonds is 7. The van der Waals surface area contributed by atoms with Crippen LogP contribution in [0, 0.1) is 0 Å². The molecule has 21 heavy (non-hydrogen) atoms. The average Bonchev–Trinajstić information content (AvgIpc) is 2.36. The van der Waals surface area contributed by atoms with Crippen molar-refractivity contribution in [1.82, 2.24) is 10.6 Å². The lowest BCUT2D eigenvalue weighted by Crippen LogP contribution is -2.43. The lowest BCUT2D eigenvalue weighted by molar-refractivity contribution is -0.124. The first-order valence-corrected chi connectivity index (χ1v) is 6.75. The third kappa shape index (κ3) is 9.28. The van der Waals surface area contributed by atoms with Crippen molar-refractivity contribution in [2.45, 2.75) is 32.9 Å². The van der Waals surface area contributed by atoms with Crippen LogP contribution in [0.15, 0.2) is 24.3 Å². The molecular formula is C15H25ClN2O3. The first-order chi connectivity index (χ1) is 9.40. The Bertz CT molecular complexity index is 416. The second-order valence-corrected chi connectivity index (χ2v) is 5.63. The minimum absolute atomic E-state index is 0. The van der Waals surface area contributed by atoms with Crippen molar-refractivity contribution in [2.24, 2.45) is 0 Å². The van der Waals surface area contributed by atoms with Crippen molar-refractivity contribution < 1.29 is 14.6 Å². The van der Waals surface area contributed by atoms with E-state index < -0.39 is 0 Å². The standard InChI is InChI=1S/C15H24N2O3.ClH/c1-15(2,3)17-14(19)11-20-13-6-4-12(5-7-13)10-16-8-9-18;/h4-7,16,18H,8-11H2,1-3H3,(H,17,19);1H. The number of aliphatic hydroxyl groups is 1. The molecular weight excluding hydrogens is 292 g/mol. The van der Waals surface area contributed by atoms with E-state index in [0.717, 1.165) is 5.56 Å². The van der Waals surface area contributed by atoms with Gasteiger partial charge in [0.25, 0.3) is 5.91 Å². The van der Waals surface area contributed by atoms with Crippen LogP contribution in [0.3, 0.4) is 0 Å². The van der Waals surface area contributed by atoms with E-state index in [0.29, 0.717) is 18.8 Å². The van der Waals surface area contributed by atoms with E-state index >= 15 is 0 Å². The quantitative estimate of drug-likeness (QED) is 0.667. The van der Waals surface area contributed by atoms with Crippen LogP contribution in [0.25, 0.3) is 0 Å². The third-order valence-corrected chi connectivity index (χ3v) is 2.43. The molecule has 3 N–H and O–H groups in total. The number of carbonyl (C=O) groups is 1. The van der Waals surface area contributed by atoms with Gasteiger partial charge < -0.3 is 20.5 Å². The molecule has 0 atom stereocenters. The highest BCUT2D eigenvalue weighted by atomic mass is 35.5. The van der Waals surface area contributed by atoms with E-state index in [1.165, 1.54) is 0 Å². The third-order valence-electron chi connectivity index (χ3n) is 2.43. The Morgan fingerprint density at radius 3 is 2.38 bits per heavy atom. The molecule has 120 valence electrons. The van der Waals surface area contributed by atoms with Crippen LogP contribution in [-0.2, 0) is 11.3 Å². The predicted molar refractivity (Wildman–Crippen MR) is 85.9 cm³/mol. The van der Waals surface area contributed by atoms with Crippen LogP contribution in [0.1, 0.15) is 26.3 Å². The molecule has 0 saturated carbocycles. The zero-order valence-electron chi connectivity index (χ0n) is 12.8. The number of aliphatic hydroxyl groups excluding tert-OH is 1. The summed E-state index contributed by atoms with van der Waals surface area (Å²) in [5.41, 5.74) is 0.854. The van der Waals surface area contributed by atoms with Gasteiger partial charge in [-0.3, -0.25) is 4.79 Å². The summed E-state index contributed by atoms with van der Waals surface area (Å²) in [6, 6.07) is 7.53. The maximum atomic E-state index is 11.6. The largest absolute Gasteiger partial charge is 0.484 e. The van der Waals surface area contributed by atoms with E-state index in [1.54, 1.807) is 0 Å². The van der Waals surface area contributed by atoms with Crippen LogP contribution in [0.5, 0.6) is 5.75 Å². The molecule has 6 heteroatoms. The SMILES string of the molecule is CC(C)(C)NC(=O)COc1ccc(CNCCO)cc1.Cl. The van der Waals surface area contributed by atoms with Gasteiger partial charge in [0.2, 0.25) is 0 Å². The topological polar surface area (TPSA) is 70.6 Å². The first kappa shape index (κ1) is 19.7. The summed E-state index contributed by atoms with van der Waals surface area (Å²) in [6.07, 6.45) is 0. The van der Waals surface area contributed by atoms with Crippen molar-refractivity contribution in [1.29, 1.82) is 0 Å². The minimum Gasteiger partial charge on any atom is -0.484 e. The fourth-order valence-corrected chi connectivity index (χ4v) is 1.62. The molecule has 0 bridgehead atoms. The molecule has 1 rings (SSSR count). The summed E-state index contributed by atoms with van der Waals surface area (Å²) in [7, 11) is 0. The predicted octanol–water partition coefficient (Wildman–Crippen LogP) is 1.48. The van der Waals surface area contributed by atoms with Crippen molar-refractivity contribution in [3.63, 3.8) is 0 Å². The number of carbonyl (C=O) groups excluding carboxylic acids is 1. The second kappa shape index (κ2) is 9.60. The van der Waals surface area contributed by atoms with E-state index in [9.17, 15) is 4.79 Å². The number of ether oxygens (including phenoxy) is 1. The van der Waals surface area contributed by atoms with Crippen molar-refractivity contribution in [3.8, 4) is 5.75 Å². The summed E-state index contributed by atoms with van der Waals surface area (Å²) in [5, 5.41) is 14.6. The minimum atomic E-state index is -0.247. The number of amides is 1. The van der Waals surface area contributed by atoms with Crippen LogP contribution < -0.4 is 15.4 Å². The molecule has 0 spiro atoms. The van der Waals surface area contributed by atoms with Crippen molar-refractivity contribution in [3.05, 3.63) is 29.8 Å². The maximum absolute atomic E-state index is 11.6. The summed E-state index contributed by atoms with van der Waals surface area (Å²) in [4.78, 5) is 11.6. The molecule has 0 unspecified atom stereocenters. The lowest BCUT2D eigenvalue weighted by Gasteiger charge is -2.20. The molecule has 0 aromatic heterocycles. The summed E-state index contributed by atoms with van der Waals surface area (Å²) < 4.78 is 5.42. The van der Waals surface area contributed by atoms with Gasteiger partial charge in [0.15, 0.2) is 6.61 Å². The Hall–Kier alpha value is -1.30. The fraction of sp³-hybridized carbons (Fsp3) is 0.533. The number of halogens is 1. The molecule has 5 nitrogen and oxygen atoms in total. The van der Waals surface area contributed by atoms with Gasteiger partial charge in [0.1, 0.15) is 5.75 Å². The second-order valence-electron chi connectivity index (χ2n) is 5.63. The highest BCUT2D eigenvalue weighted by Gasteiger charge is 2.13. The molecule has 0 saturated heterocycles. The van der Waals surface area contributed by atoms with Crippen molar-refractivity contribution in [2.75, 3.05) is 19.8 Å². The lowest BCUT2D eigenvalue weighted by atomic mass is 10.1. The Labute approximate surface area is 132 Å². The maximum Gasteiger partial charge on any atom is 0.258 e. The van der Waals surface area contributed by atoms with Gasteiger partial charge in [-0.1, -0.05) is 12.1 Å². The zero-order valence-corrected chi connectivity index (χ0v) is 13.6. The highest BCUT2D eigenvalue weighted by molar-refractivity contribution is 5.85. The van der Waals surface area contributed by atoms with Gasteiger partial charge in [-0.25, -0.2) is 0 Å². The molecule has 0 aliphatic rings. The van der Waals surface area contributed by atoms with Crippen LogP contribution in [-0.4, -0.2) is 36.3 Å². The van der Waals surface area contributed by atoms with Gasteiger partial charge in [0.05, 0.1) is 6.61 Å². The van der Waals surface area contributed by atoms with Crippen LogP contribution in [0.4, 0.5) is 0 Å². The Morgan fingerprint density at radius 2 is 1.86 bits per heavy atom. The monoisotopic (exact) mass is 316 g/mol. The summed E-state index contributed by atoms with van der Waals surface area (Å²) in [6.45, 7) is 7.21. The first-order valence-electron chi connectivity index (χ1n) is 6.75. The number of benzene rings is 1. The number of nitrogens with one attached hydrogen (secondary N) is 2. The molecule has 0 aliphatic heterocycles. The van der Waals surface area contributed by atoms with Gasteiger partial charge in [-0.05, 0) is 38.5 Å².